The van der Waals surface area contributed by atoms with Crippen molar-refractivity contribution in [3.05, 3.63) is 72.3 Å². The number of nitrogens with one attached hydrogen (secondary N) is 2. The minimum Gasteiger partial charge on any atom is -0.488 e. The molecule has 3 N–H and O–H groups in total. The van der Waals surface area contributed by atoms with E-state index in [9.17, 15) is 23.1 Å². The van der Waals surface area contributed by atoms with Gasteiger partial charge in [0.1, 0.15) is 11.9 Å². The van der Waals surface area contributed by atoms with Gasteiger partial charge in [-0.25, -0.2) is 13.2 Å². The van der Waals surface area contributed by atoms with E-state index in [0.717, 1.165) is 0 Å². The first kappa shape index (κ1) is 31.0. The number of urea groups is 1. The summed E-state index contributed by atoms with van der Waals surface area (Å²) >= 11 is 0. The Morgan fingerprint density at radius 2 is 1.75 bits per heavy atom. The molecule has 5 rings (SSSR count). The minimum atomic E-state index is -3.86. The molecule has 0 aromatic heterocycles. The summed E-state index contributed by atoms with van der Waals surface area (Å²) < 4.78 is 45.7. The van der Waals surface area contributed by atoms with Gasteiger partial charge in [-0.1, -0.05) is 25.1 Å². The maximum absolute atomic E-state index is 13.5. The molecule has 44 heavy (non-hydrogen) atoms. The lowest BCUT2D eigenvalue weighted by Crippen LogP contribution is -2.48. The standard InChI is InChI=1S/C31H36N4O8S/c1-20-16-35(21(2)18-36)30(37)14-22-13-24(33-44(39,40)25-7-5-4-6-8-25)10-11-26(22)43-29(20)17-34(3)31(38)32-23-9-12-27-28(15-23)42-19-41-27/h4-13,15,20-21,29,33,36H,14,16-19H2,1-3H3,(H,32,38)/t20-,21-,29-/m0/s1. The summed E-state index contributed by atoms with van der Waals surface area (Å²) in [5, 5.41) is 12.8. The van der Waals surface area contributed by atoms with E-state index in [1.807, 2.05) is 6.92 Å². The molecule has 2 aliphatic rings. The van der Waals surface area contributed by atoms with Crippen molar-refractivity contribution in [2.75, 3.05) is 43.6 Å². The van der Waals surface area contributed by atoms with Crippen molar-refractivity contribution >= 4 is 33.3 Å². The molecule has 3 atom stereocenters. The van der Waals surface area contributed by atoms with Gasteiger partial charge in [0.2, 0.25) is 12.7 Å². The molecule has 0 fully saturated rings. The van der Waals surface area contributed by atoms with Gasteiger partial charge in [-0.15, -0.1) is 0 Å². The third kappa shape index (κ3) is 7.00. The Kier molecular flexibility index (Phi) is 9.16. The first-order chi connectivity index (χ1) is 21.0. The number of nitrogens with zero attached hydrogens (tertiary/aromatic N) is 2. The third-order valence-electron chi connectivity index (χ3n) is 7.65. The van der Waals surface area contributed by atoms with E-state index < -0.39 is 22.2 Å². The number of rotatable bonds is 8. The zero-order chi connectivity index (χ0) is 31.4. The van der Waals surface area contributed by atoms with Crippen LogP contribution in [0.25, 0.3) is 0 Å². The average Bonchev–Trinajstić information content (AvgIpc) is 3.49. The summed E-state index contributed by atoms with van der Waals surface area (Å²) in [7, 11) is -2.22. The van der Waals surface area contributed by atoms with E-state index in [4.69, 9.17) is 14.2 Å². The summed E-state index contributed by atoms with van der Waals surface area (Å²) in [4.78, 5) is 29.8. The number of sulfonamides is 1. The van der Waals surface area contributed by atoms with Gasteiger partial charge in [0.25, 0.3) is 10.0 Å². The van der Waals surface area contributed by atoms with Crippen molar-refractivity contribution in [3.63, 3.8) is 0 Å². The van der Waals surface area contributed by atoms with Gasteiger partial charge in [0, 0.05) is 42.5 Å². The number of ether oxygens (including phenoxy) is 3. The van der Waals surface area contributed by atoms with Crippen LogP contribution in [0.1, 0.15) is 19.4 Å². The fraction of sp³-hybridized carbons (Fsp3) is 0.355. The number of carbonyl (C=O) groups excluding carboxylic acids is 2. The lowest BCUT2D eigenvalue weighted by Gasteiger charge is -2.34. The normalized spacial score (nSPS) is 18.6. The average molecular weight is 625 g/mol. The van der Waals surface area contributed by atoms with E-state index in [1.165, 1.54) is 17.0 Å². The Morgan fingerprint density at radius 1 is 1.05 bits per heavy atom. The third-order valence-corrected chi connectivity index (χ3v) is 9.04. The largest absolute Gasteiger partial charge is 0.488 e. The number of aliphatic hydroxyl groups excluding tert-OH is 1. The Labute approximate surface area is 256 Å². The molecule has 0 saturated carbocycles. The zero-order valence-electron chi connectivity index (χ0n) is 24.7. The highest BCUT2D eigenvalue weighted by molar-refractivity contribution is 7.92. The van der Waals surface area contributed by atoms with Crippen LogP contribution in [0.2, 0.25) is 0 Å². The van der Waals surface area contributed by atoms with Crippen molar-refractivity contribution in [3.8, 4) is 17.2 Å². The quantitative estimate of drug-likeness (QED) is 0.345. The molecule has 2 aliphatic heterocycles. The van der Waals surface area contributed by atoms with Crippen LogP contribution in [0.4, 0.5) is 16.2 Å². The monoisotopic (exact) mass is 624 g/mol. The van der Waals surface area contributed by atoms with E-state index in [2.05, 4.69) is 10.0 Å². The van der Waals surface area contributed by atoms with Crippen LogP contribution in [-0.2, 0) is 21.2 Å². The van der Waals surface area contributed by atoms with Gasteiger partial charge in [-0.3, -0.25) is 9.52 Å². The number of benzene rings is 3. The SMILES string of the molecule is C[C@H]1CN([C@@H](C)CO)C(=O)Cc2cc(NS(=O)(=O)c3ccccc3)ccc2O[C@H]1CN(C)C(=O)Nc1ccc2c(c1)OCO2. The maximum Gasteiger partial charge on any atom is 0.321 e. The highest BCUT2D eigenvalue weighted by atomic mass is 32.2. The van der Waals surface area contributed by atoms with Crippen molar-refractivity contribution in [1.82, 2.24) is 9.80 Å². The molecule has 0 aliphatic carbocycles. The van der Waals surface area contributed by atoms with Gasteiger partial charge in [0.15, 0.2) is 11.5 Å². The van der Waals surface area contributed by atoms with E-state index in [1.54, 1.807) is 73.5 Å². The molecular formula is C31H36N4O8S. The molecule has 0 radical (unpaired) electrons. The Hall–Kier alpha value is -4.49. The Bertz CT molecular complexity index is 1620. The summed E-state index contributed by atoms with van der Waals surface area (Å²) in [6, 6.07) is 17.1. The topological polar surface area (TPSA) is 147 Å². The van der Waals surface area contributed by atoms with E-state index in [0.29, 0.717) is 28.5 Å². The second-order valence-electron chi connectivity index (χ2n) is 11.0. The number of anilines is 2. The second kappa shape index (κ2) is 13.0. The highest BCUT2D eigenvalue weighted by Gasteiger charge is 2.32. The van der Waals surface area contributed by atoms with Crippen molar-refractivity contribution in [2.24, 2.45) is 5.92 Å². The molecule has 12 nitrogen and oxygen atoms in total. The van der Waals surface area contributed by atoms with Crippen LogP contribution < -0.4 is 24.2 Å². The number of likely N-dealkylation sites (N-methyl/N-ethyl adjacent to an activating group) is 1. The van der Waals surface area contributed by atoms with Crippen LogP contribution >= 0.6 is 0 Å². The molecule has 0 unspecified atom stereocenters. The van der Waals surface area contributed by atoms with Crippen LogP contribution in [0.5, 0.6) is 17.2 Å². The van der Waals surface area contributed by atoms with Crippen molar-refractivity contribution in [2.45, 2.75) is 37.3 Å². The van der Waals surface area contributed by atoms with Crippen molar-refractivity contribution < 1.29 is 37.3 Å². The zero-order valence-corrected chi connectivity index (χ0v) is 25.5. The number of fused-ring (bicyclic) bond motifs is 2. The molecule has 0 bridgehead atoms. The lowest BCUT2D eigenvalue weighted by atomic mass is 10.0. The van der Waals surface area contributed by atoms with Crippen LogP contribution in [0.3, 0.4) is 0 Å². The van der Waals surface area contributed by atoms with Gasteiger partial charge >= 0.3 is 6.03 Å². The molecule has 0 spiro atoms. The molecular weight excluding hydrogens is 588 g/mol. The molecule has 3 aromatic carbocycles. The molecule has 3 aromatic rings. The fourth-order valence-electron chi connectivity index (χ4n) is 5.07. The predicted molar refractivity (Wildman–Crippen MR) is 163 cm³/mol. The van der Waals surface area contributed by atoms with Crippen LogP contribution in [-0.4, -0.2) is 80.9 Å². The first-order valence-corrected chi connectivity index (χ1v) is 15.7. The molecule has 2 heterocycles. The molecule has 0 saturated heterocycles. The molecule has 234 valence electrons. The van der Waals surface area contributed by atoms with Gasteiger partial charge in [-0.05, 0) is 49.4 Å². The van der Waals surface area contributed by atoms with E-state index in [-0.39, 0.29) is 61.3 Å². The van der Waals surface area contributed by atoms with Crippen molar-refractivity contribution in [1.29, 1.82) is 0 Å². The van der Waals surface area contributed by atoms with Gasteiger partial charge in [-0.2, -0.15) is 0 Å². The summed E-state index contributed by atoms with van der Waals surface area (Å²) in [5.74, 6) is 1.08. The molecule has 13 heteroatoms. The lowest BCUT2D eigenvalue weighted by molar-refractivity contribution is -0.134. The summed E-state index contributed by atoms with van der Waals surface area (Å²) in [6.45, 7) is 4.03. The maximum atomic E-state index is 13.5. The fourth-order valence-corrected chi connectivity index (χ4v) is 6.14. The number of hydrogen-bond donors (Lipinski definition) is 3. The molecule has 3 amide bonds. The number of carbonyl (C=O) groups is 2. The minimum absolute atomic E-state index is 0.0690. The second-order valence-corrected chi connectivity index (χ2v) is 12.7. The summed E-state index contributed by atoms with van der Waals surface area (Å²) in [6.07, 6.45) is -0.618. The highest BCUT2D eigenvalue weighted by Crippen LogP contribution is 2.34. The number of hydrogen-bond acceptors (Lipinski definition) is 8. The Balaban J connectivity index is 1.38. The van der Waals surface area contributed by atoms with Gasteiger partial charge in [0.05, 0.1) is 30.5 Å². The summed E-state index contributed by atoms with van der Waals surface area (Å²) in [5.41, 5.74) is 1.29. The predicted octanol–water partition coefficient (Wildman–Crippen LogP) is 3.53. The van der Waals surface area contributed by atoms with Gasteiger partial charge < -0.3 is 34.4 Å². The Morgan fingerprint density at radius 3 is 2.50 bits per heavy atom. The smallest absolute Gasteiger partial charge is 0.321 e. The number of amides is 3. The van der Waals surface area contributed by atoms with Crippen LogP contribution in [0, 0.1) is 5.92 Å². The first-order valence-electron chi connectivity index (χ1n) is 14.2. The van der Waals surface area contributed by atoms with Crippen LogP contribution in [0.15, 0.2) is 71.6 Å². The van der Waals surface area contributed by atoms with E-state index >= 15 is 0 Å². The number of aliphatic hydroxyl groups is 1.